The fraction of sp³-hybridized carbons (Fsp3) is 0.941. The molecule has 6 nitrogen and oxygen atoms in total. The topological polar surface area (TPSA) is 85.5 Å². The molecule has 0 aromatic carbocycles. The van der Waals surface area contributed by atoms with Crippen molar-refractivity contribution in [1.82, 2.24) is 4.90 Å². The average molecular weight is 328 g/mol. The maximum absolute atomic E-state index is 9.98. The van der Waals surface area contributed by atoms with E-state index in [1.807, 2.05) is 0 Å². The standard InChI is InChI=1S/C17H32N2O4/c1-2-3-4-5-6-7-8-9-10-18-17-19-11-14(20)16(22)15(21)13(19)12-23-17/h13-16,20-22H,2-12H2,1H3/t13-,14+,15-,16-/m1/s1. The molecule has 4 atom stereocenters. The predicted molar refractivity (Wildman–Crippen MR) is 89.4 cm³/mol. The van der Waals surface area contributed by atoms with Crippen molar-refractivity contribution in [1.29, 1.82) is 0 Å². The minimum Gasteiger partial charge on any atom is -0.463 e. The average Bonchev–Trinajstić information content (AvgIpc) is 2.94. The molecule has 0 amide bonds. The van der Waals surface area contributed by atoms with Gasteiger partial charge in [-0.1, -0.05) is 51.9 Å². The highest BCUT2D eigenvalue weighted by atomic mass is 16.5. The summed E-state index contributed by atoms with van der Waals surface area (Å²) in [6, 6.07) is 0.202. The molecular weight excluding hydrogens is 296 g/mol. The molecular formula is C17H32N2O4. The summed E-state index contributed by atoms with van der Waals surface area (Å²) in [5.74, 6) is 0. The van der Waals surface area contributed by atoms with E-state index in [1.165, 1.54) is 44.9 Å². The van der Waals surface area contributed by atoms with Gasteiger partial charge in [0.05, 0.1) is 12.6 Å². The quantitative estimate of drug-likeness (QED) is 0.555. The van der Waals surface area contributed by atoms with Crippen LogP contribution in [0.1, 0.15) is 58.3 Å². The van der Waals surface area contributed by atoms with Gasteiger partial charge in [0, 0.05) is 6.54 Å². The van der Waals surface area contributed by atoms with Gasteiger partial charge in [0.2, 0.25) is 0 Å². The molecule has 0 aliphatic carbocycles. The molecule has 23 heavy (non-hydrogen) atoms. The summed E-state index contributed by atoms with van der Waals surface area (Å²) in [5, 5.41) is 29.5. The van der Waals surface area contributed by atoms with Crippen LogP contribution in [0.5, 0.6) is 0 Å². The highest BCUT2D eigenvalue weighted by Crippen LogP contribution is 2.24. The molecule has 0 spiro atoms. The van der Waals surface area contributed by atoms with Gasteiger partial charge in [-0.05, 0) is 6.42 Å². The van der Waals surface area contributed by atoms with Crippen molar-refractivity contribution >= 4 is 6.02 Å². The minimum absolute atomic E-state index is 0.263. The molecule has 2 rings (SSSR count). The largest absolute Gasteiger partial charge is 0.463 e. The second-order valence-corrected chi connectivity index (χ2v) is 6.72. The third-order valence-electron chi connectivity index (χ3n) is 4.81. The first-order valence-corrected chi connectivity index (χ1v) is 9.13. The number of aliphatic hydroxyl groups is 3. The first-order valence-electron chi connectivity index (χ1n) is 9.13. The van der Waals surface area contributed by atoms with Crippen LogP contribution in [0.4, 0.5) is 0 Å². The molecule has 0 bridgehead atoms. The van der Waals surface area contributed by atoms with E-state index < -0.39 is 18.3 Å². The second-order valence-electron chi connectivity index (χ2n) is 6.72. The smallest absolute Gasteiger partial charge is 0.287 e. The Morgan fingerprint density at radius 2 is 1.65 bits per heavy atom. The number of ether oxygens (including phenoxy) is 1. The molecule has 0 radical (unpaired) electrons. The van der Waals surface area contributed by atoms with Gasteiger partial charge in [-0.3, -0.25) is 0 Å². The van der Waals surface area contributed by atoms with Gasteiger partial charge in [0.1, 0.15) is 24.9 Å². The zero-order valence-electron chi connectivity index (χ0n) is 14.2. The normalized spacial score (nSPS) is 32.2. The second kappa shape index (κ2) is 9.45. The first kappa shape index (κ1) is 18.5. The Balaban J connectivity index is 1.64. The lowest BCUT2D eigenvalue weighted by Gasteiger charge is -2.38. The maximum atomic E-state index is 9.98. The SMILES string of the molecule is CCCCCCCCCCN=C1OC[C@@H]2[C@@H](O)[C@H](O)[C@@H](O)CN12. The Kier molecular flexibility index (Phi) is 7.59. The van der Waals surface area contributed by atoms with Crippen molar-refractivity contribution in [2.24, 2.45) is 4.99 Å². The maximum Gasteiger partial charge on any atom is 0.287 e. The Morgan fingerprint density at radius 3 is 2.35 bits per heavy atom. The van der Waals surface area contributed by atoms with E-state index in [0.717, 1.165) is 6.42 Å². The molecule has 134 valence electrons. The van der Waals surface area contributed by atoms with Gasteiger partial charge in [-0.25, -0.2) is 4.99 Å². The molecule has 0 aromatic rings. The lowest BCUT2D eigenvalue weighted by molar-refractivity contribution is -0.116. The van der Waals surface area contributed by atoms with Crippen molar-refractivity contribution in [3.63, 3.8) is 0 Å². The number of fused-ring (bicyclic) bond motifs is 1. The van der Waals surface area contributed by atoms with E-state index in [4.69, 9.17) is 4.74 Å². The van der Waals surface area contributed by atoms with Crippen LogP contribution in [0, 0.1) is 0 Å². The van der Waals surface area contributed by atoms with Crippen molar-refractivity contribution in [3.8, 4) is 0 Å². The fourth-order valence-electron chi connectivity index (χ4n) is 3.29. The number of hydrogen-bond donors (Lipinski definition) is 3. The molecule has 0 saturated carbocycles. The third kappa shape index (κ3) is 5.06. The molecule has 2 saturated heterocycles. The highest BCUT2D eigenvalue weighted by molar-refractivity contribution is 5.76. The number of unbranched alkanes of at least 4 members (excludes halogenated alkanes) is 7. The van der Waals surface area contributed by atoms with E-state index >= 15 is 0 Å². The number of nitrogens with zero attached hydrogens (tertiary/aromatic N) is 2. The van der Waals surface area contributed by atoms with Gasteiger partial charge in [0.15, 0.2) is 0 Å². The Hall–Kier alpha value is -0.850. The van der Waals surface area contributed by atoms with Crippen LogP contribution >= 0.6 is 0 Å². The molecule has 3 N–H and O–H groups in total. The Morgan fingerprint density at radius 1 is 1.00 bits per heavy atom. The van der Waals surface area contributed by atoms with Crippen LogP contribution in [-0.4, -0.2) is 70.3 Å². The van der Waals surface area contributed by atoms with Crippen LogP contribution in [0.15, 0.2) is 4.99 Å². The van der Waals surface area contributed by atoms with Gasteiger partial charge in [-0.2, -0.15) is 0 Å². The summed E-state index contributed by atoms with van der Waals surface area (Å²) < 4.78 is 5.53. The Bertz CT molecular complexity index is 378. The number of aliphatic imine (C=N–C) groups is 1. The number of hydrogen-bond acceptors (Lipinski definition) is 5. The molecule has 0 unspecified atom stereocenters. The van der Waals surface area contributed by atoms with Gasteiger partial charge in [0.25, 0.3) is 6.02 Å². The number of piperidine rings is 1. The summed E-state index contributed by atoms with van der Waals surface area (Å²) in [5.41, 5.74) is 0. The monoisotopic (exact) mass is 328 g/mol. The molecule has 2 fully saturated rings. The zero-order valence-corrected chi connectivity index (χ0v) is 14.2. The predicted octanol–water partition coefficient (Wildman–Crippen LogP) is 1.28. The molecule has 6 heteroatoms. The number of rotatable bonds is 9. The van der Waals surface area contributed by atoms with E-state index in [2.05, 4.69) is 11.9 Å². The molecule has 0 aromatic heterocycles. The van der Waals surface area contributed by atoms with Crippen LogP contribution in [0.25, 0.3) is 0 Å². The molecule has 2 aliphatic rings. The summed E-state index contributed by atoms with van der Waals surface area (Å²) in [6.45, 7) is 3.53. The van der Waals surface area contributed by atoms with Crippen LogP contribution < -0.4 is 0 Å². The van der Waals surface area contributed by atoms with Gasteiger partial charge in [-0.15, -0.1) is 0 Å². The Labute approximate surface area is 139 Å². The summed E-state index contributed by atoms with van der Waals surface area (Å²) in [7, 11) is 0. The van der Waals surface area contributed by atoms with E-state index in [1.54, 1.807) is 4.90 Å². The first-order chi connectivity index (χ1) is 11.1. The molecule has 2 aliphatic heterocycles. The minimum atomic E-state index is -1.10. The van der Waals surface area contributed by atoms with Crippen LogP contribution in [0.2, 0.25) is 0 Å². The van der Waals surface area contributed by atoms with Crippen molar-refractivity contribution in [2.75, 3.05) is 19.7 Å². The third-order valence-corrected chi connectivity index (χ3v) is 4.81. The van der Waals surface area contributed by atoms with Crippen LogP contribution in [-0.2, 0) is 4.74 Å². The highest BCUT2D eigenvalue weighted by Gasteiger charge is 2.46. The molecule has 2 heterocycles. The van der Waals surface area contributed by atoms with Crippen molar-refractivity contribution in [2.45, 2.75) is 82.6 Å². The fourth-order valence-corrected chi connectivity index (χ4v) is 3.29. The van der Waals surface area contributed by atoms with Crippen molar-refractivity contribution in [3.05, 3.63) is 0 Å². The van der Waals surface area contributed by atoms with Crippen molar-refractivity contribution < 1.29 is 20.1 Å². The van der Waals surface area contributed by atoms with Gasteiger partial charge >= 0.3 is 0 Å². The van der Waals surface area contributed by atoms with E-state index in [-0.39, 0.29) is 12.6 Å². The zero-order chi connectivity index (χ0) is 16.7. The number of amidine groups is 1. The van der Waals surface area contributed by atoms with Crippen LogP contribution in [0.3, 0.4) is 0 Å². The summed E-state index contributed by atoms with van der Waals surface area (Å²) in [6.07, 6.45) is 7.02. The number of aliphatic hydroxyl groups excluding tert-OH is 3. The summed E-state index contributed by atoms with van der Waals surface area (Å²) >= 11 is 0. The summed E-state index contributed by atoms with van der Waals surface area (Å²) in [4.78, 5) is 6.25. The van der Waals surface area contributed by atoms with E-state index in [9.17, 15) is 15.3 Å². The lowest BCUT2D eigenvalue weighted by atomic mass is 9.95. The van der Waals surface area contributed by atoms with E-state index in [0.29, 0.717) is 19.2 Å². The lowest BCUT2D eigenvalue weighted by Crippen LogP contribution is -2.60. The van der Waals surface area contributed by atoms with Gasteiger partial charge < -0.3 is 25.0 Å².